The van der Waals surface area contributed by atoms with E-state index >= 15 is 0 Å². The van der Waals surface area contributed by atoms with E-state index in [1.807, 2.05) is 24.3 Å². The molecular weight excluding hydrogens is 544 g/mol. The van der Waals surface area contributed by atoms with E-state index < -0.39 is 0 Å². The van der Waals surface area contributed by atoms with Crippen LogP contribution in [-0.4, -0.2) is 77.9 Å². The first-order chi connectivity index (χ1) is 18.5. The smallest absolute Gasteiger partial charge is 0.318 e. The molecule has 3 saturated heterocycles. The van der Waals surface area contributed by atoms with Crippen LogP contribution < -0.4 is 19.9 Å². The van der Waals surface area contributed by atoms with Gasteiger partial charge in [0.05, 0.1) is 12.2 Å². The molecule has 0 saturated carbocycles. The summed E-state index contributed by atoms with van der Waals surface area (Å²) >= 11 is 3.75. The van der Waals surface area contributed by atoms with E-state index in [1.165, 1.54) is 24.8 Å². The highest BCUT2D eigenvalue weighted by molar-refractivity contribution is 9.10. The Morgan fingerprint density at radius 3 is 2.71 bits per heavy atom. The Labute approximate surface area is 232 Å². The molecule has 4 aliphatic heterocycles. The molecule has 3 fully saturated rings. The number of fused-ring (bicyclic) bond motifs is 4. The number of ether oxygens (including phenoxy) is 1. The fourth-order valence-corrected chi connectivity index (χ4v) is 7.43. The van der Waals surface area contributed by atoms with Gasteiger partial charge in [-0.15, -0.1) is 0 Å². The van der Waals surface area contributed by atoms with Crippen molar-refractivity contribution in [2.24, 2.45) is 0 Å². The van der Waals surface area contributed by atoms with Gasteiger partial charge in [0, 0.05) is 64.9 Å². The number of hydrogen-bond acceptors (Lipinski definition) is 8. The van der Waals surface area contributed by atoms with Gasteiger partial charge >= 0.3 is 6.01 Å². The Morgan fingerprint density at radius 1 is 1.08 bits per heavy atom. The van der Waals surface area contributed by atoms with Gasteiger partial charge in [0.25, 0.3) is 0 Å². The van der Waals surface area contributed by atoms with Gasteiger partial charge in [-0.05, 0) is 63.2 Å². The van der Waals surface area contributed by atoms with Gasteiger partial charge in [0.15, 0.2) is 0 Å². The first-order valence-corrected chi connectivity index (χ1v) is 14.7. The Kier molecular flexibility index (Phi) is 6.33. The largest absolute Gasteiger partial charge is 0.508 e. The van der Waals surface area contributed by atoms with Crippen molar-refractivity contribution in [2.75, 3.05) is 49.6 Å². The molecule has 8 nitrogen and oxygen atoms in total. The van der Waals surface area contributed by atoms with Gasteiger partial charge in [0.2, 0.25) is 0 Å². The number of aromatic nitrogens is 2. The molecule has 1 aromatic heterocycles. The van der Waals surface area contributed by atoms with E-state index in [4.69, 9.17) is 14.7 Å². The standard InChI is InChI=1S/C29H35BrN6O2/c1-34-10-3-5-21(34)17-38-29-32-25-16-35(26-13-22(37)12-18-4-2-6-24(30)27(18)26)11-9-23(25)28(33-29)36-14-19-7-8-20(15-36)31-19/h2,4,6,12-13,19-21,31,37H,3,5,7-11,14-17H2,1H3. The number of rotatable bonds is 5. The van der Waals surface area contributed by atoms with Gasteiger partial charge in [-0.1, -0.05) is 28.1 Å². The zero-order valence-corrected chi connectivity index (χ0v) is 23.5. The molecule has 0 spiro atoms. The topological polar surface area (TPSA) is 77.0 Å². The van der Waals surface area contributed by atoms with Crippen LogP contribution in [0.4, 0.5) is 11.5 Å². The fourth-order valence-electron chi connectivity index (χ4n) is 6.84. The average Bonchev–Trinajstić information content (AvgIpc) is 3.49. The Hall–Kier alpha value is -2.62. The van der Waals surface area contributed by atoms with E-state index in [0.29, 0.717) is 37.3 Å². The molecule has 200 valence electrons. The zero-order chi connectivity index (χ0) is 25.8. The number of benzene rings is 2. The van der Waals surface area contributed by atoms with E-state index in [2.05, 4.69) is 49.1 Å². The van der Waals surface area contributed by atoms with Crippen LogP contribution in [0.3, 0.4) is 0 Å². The normalized spacial score (nSPS) is 25.3. The lowest BCUT2D eigenvalue weighted by Gasteiger charge is -2.37. The number of aromatic hydroxyl groups is 1. The van der Waals surface area contributed by atoms with Gasteiger partial charge in [-0.25, -0.2) is 0 Å². The van der Waals surface area contributed by atoms with Crippen LogP contribution in [-0.2, 0) is 13.0 Å². The lowest BCUT2D eigenvalue weighted by Crippen LogP contribution is -2.52. The molecule has 0 aliphatic carbocycles. The van der Waals surface area contributed by atoms with Crippen molar-refractivity contribution >= 4 is 38.2 Å². The molecule has 5 heterocycles. The Bertz CT molecular complexity index is 1360. The Balaban J connectivity index is 1.24. The number of anilines is 2. The van der Waals surface area contributed by atoms with Gasteiger partial charge in [-0.2, -0.15) is 9.97 Å². The first kappa shape index (κ1) is 24.4. The summed E-state index contributed by atoms with van der Waals surface area (Å²) in [5.74, 6) is 1.34. The van der Waals surface area contributed by atoms with Crippen LogP contribution in [0.2, 0.25) is 0 Å². The third kappa shape index (κ3) is 4.48. The molecule has 3 atom stereocenters. The summed E-state index contributed by atoms with van der Waals surface area (Å²) in [5.41, 5.74) is 3.30. The molecule has 2 N–H and O–H groups in total. The van der Waals surface area contributed by atoms with Crippen molar-refractivity contribution in [1.82, 2.24) is 20.2 Å². The van der Waals surface area contributed by atoms with Crippen molar-refractivity contribution in [3.63, 3.8) is 0 Å². The number of likely N-dealkylation sites (tertiary alicyclic amines) is 1. The molecular formula is C29H35BrN6O2. The van der Waals surface area contributed by atoms with Crippen LogP contribution >= 0.6 is 15.9 Å². The lowest BCUT2D eigenvalue weighted by atomic mass is 10.0. The maximum Gasteiger partial charge on any atom is 0.318 e. The minimum atomic E-state index is 0.278. The molecule has 2 aromatic carbocycles. The minimum Gasteiger partial charge on any atom is -0.508 e. The van der Waals surface area contributed by atoms with Crippen LogP contribution in [0.1, 0.15) is 36.9 Å². The van der Waals surface area contributed by atoms with E-state index in [1.54, 1.807) is 0 Å². The summed E-state index contributed by atoms with van der Waals surface area (Å²) in [6, 6.07) is 11.8. The molecule has 9 heteroatoms. The summed E-state index contributed by atoms with van der Waals surface area (Å²) < 4.78 is 7.33. The van der Waals surface area contributed by atoms with Crippen LogP contribution in [0, 0.1) is 0 Å². The molecule has 3 aromatic rings. The molecule has 3 unspecified atom stereocenters. The Morgan fingerprint density at radius 2 is 1.92 bits per heavy atom. The van der Waals surface area contributed by atoms with E-state index in [0.717, 1.165) is 71.5 Å². The minimum absolute atomic E-state index is 0.278. The van der Waals surface area contributed by atoms with E-state index in [-0.39, 0.29) is 5.75 Å². The molecule has 0 radical (unpaired) electrons. The second kappa shape index (κ2) is 9.84. The van der Waals surface area contributed by atoms with Gasteiger partial charge in [-0.3, -0.25) is 0 Å². The SMILES string of the molecule is CN1CCCC1COc1nc2c(c(N3CC4CCC(C3)N4)n1)CCN(c1cc(O)cc3cccc(Br)c13)C2. The van der Waals surface area contributed by atoms with Crippen molar-refractivity contribution in [2.45, 2.75) is 56.8 Å². The molecule has 2 bridgehead atoms. The number of phenolic OH excluding ortho intramolecular Hbond substituents is 1. The third-order valence-electron chi connectivity index (χ3n) is 8.85. The maximum absolute atomic E-state index is 10.5. The lowest BCUT2D eigenvalue weighted by molar-refractivity contribution is 0.187. The second-order valence-electron chi connectivity index (χ2n) is 11.4. The van der Waals surface area contributed by atoms with Crippen LogP contribution in [0.25, 0.3) is 10.8 Å². The van der Waals surface area contributed by atoms with Crippen molar-refractivity contribution in [3.8, 4) is 11.8 Å². The van der Waals surface area contributed by atoms with Crippen molar-refractivity contribution in [3.05, 3.63) is 46.1 Å². The highest BCUT2D eigenvalue weighted by Crippen LogP contribution is 2.40. The zero-order valence-electron chi connectivity index (χ0n) is 21.9. The van der Waals surface area contributed by atoms with Gasteiger partial charge < -0.3 is 29.9 Å². The van der Waals surface area contributed by atoms with Crippen LogP contribution in [0.15, 0.2) is 34.8 Å². The first-order valence-electron chi connectivity index (χ1n) is 13.9. The highest BCUT2D eigenvalue weighted by atomic mass is 79.9. The van der Waals surface area contributed by atoms with Gasteiger partial charge in [0.1, 0.15) is 18.2 Å². The average molecular weight is 580 g/mol. The third-order valence-corrected chi connectivity index (χ3v) is 9.51. The molecule has 0 amide bonds. The number of likely N-dealkylation sites (N-methyl/N-ethyl adjacent to an activating group) is 1. The maximum atomic E-state index is 10.5. The monoisotopic (exact) mass is 578 g/mol. The summed E-state index contributed by atoms with van der Waals surface area (Å²) in [4.78, 5) is 17.2. The highest BCUT2D eigenvalue weighted by Gasteiger charge is 2.35. The molecule has 38 heavy (non-hydrogen) atoms. The predicted octanol–water partition coefficient (Wildman–Crippen LogP) is 4.07. The summed E-state index contributed by atoms with van der Waals surface area (Å²) in [7, 11) is 2.17. The molecule has 7 rings (SSSR count). The van der Waals surface area contributed by atoms with Crippen molar-refractivity contribution in [1.29, 1.82) is 0 Å². The van der Waals surface area contributed by atoms with Crippen molar-refractivity contribution < 1.29 is 9.84 Å². The number of nitrogens with one attached hydrogen (secondary N) is 1. The number of halogens is 1. The number of phenols is 1. The van der Waals surface area contributed by atoms with E-state index in [9.17, 15) is 5.11 Å². The van der Waals surface area contributed by atoms with Crippen LogP contribution in [0.5, 0.6) is 11.8 Å². The quantitative estimate of drug-likeness (QED) is 0.469. The predicted molar refractivity (Wildman–Crippen MR) is 153 cm³/mol. The molecule has 4 aliphatic rings. The summed E-state index contributed by atoms with van der Waals surface area (Å²) in [6.45, 7) is 5.21. The fraction of sp³-hybridized carbons (Fsp3) is 0.517. The second-order valence-corrected chi connectivity index (χ2v) is 12.2. The number of hydrogen-bond donors (Lipinski definition) is 2. The summed E-state index contributed by atoms with van der Waals surface area (Å²) in [6.07, 6.45) is 5.70. The number of nitrogens with zero attached hydrogens (tertiary/aromatic N) is 5. The number of piperazine rings is 1. The summed E-state index contributed by atoms with van der Waals surface area (Å²) in [5, 5.41) is 16.4.